The number of urea groups is 1. The number of nitro groups is 2. The largest absolute Gasteiger partial charge is 0.450 e. The zero-order valence-corrected chi connectivity index (χ0v) is 19.8. The van der Waals surface area contributed by atoms with Gasteiger partial charge in [0.15, 0.2) is 0 Å². The van der Waals surface area contributed by atoms with Crippen molar-refractivity contribution in [2.45, 2.75) is 13.8 Å². The number of nitrogens with zero attached hydrogens (tertiary/aromatic N) is 4. The Kier molecular flexibility index (Phi) is 6.28. The summed E-state index contributed by atoms with van der Waals surface area (Å²) in [7, 11) is 1.27. The quantitative estimate of drug-likeness (QED) is 0.228. The molecule has 3 aromatic rings. The van der Waals surface area contributed by atoms with Crippen LogP contribution in [-0.4, -0.2) is 44.2 Å². The first kappa shape index (κ1) is 24.8. The molecule has 1 aliphatic heterocycles. The normalized spacial score (nSPS) is 14.6. The number of carbonyl (C=O) groups excluding carboxylic acids is 3. The maximum absolute atomic E-state index is 12.4. The fourth-order valence-corrected chi connectivity index (χ4v) is 3.87. The Morgan fingerprint density at radius 1 is 0.946 bits per heavy atom. The number of ether oxygens (including phenoxy) is 1. The molecule has 0 unspecified atom stereocenters. The van der Waals surface area contributed by atoms with Gasteiger partial charge in [0.25, 0.3) is 17.5 Å². The maximum atomic E-state index is 12.4. The molecule has 1 aliphatic rings. The minimum absolute atomic E-state index is 0.149. The smallest absolute Gasteiger partial charge is 0.331 e. The number of nitrogens with one attached hydrogen (secondary N) is 1. The molecule has 0 spiro atoms. The van der Waals surface area contributed by atoms with Gasteiger partial charge < -0.3 is 9.30 Å². The van der Waals surface area contributed by atoms with Crippen LogP contribution >= 0.6 is 0 Å². The van der Waals surface area contributed by atoms with Gasteiger partial charge in [0.05, 0.1) is 15.9 Å². The number of barbiturate groups is 1. The van der Waals surface area contributed by atoms with Gasteiger partial charge in [-0.05, 0) is 61.9 Å². The van der Waals surface area contributed by atoms with Crippen LogP contribution < -0.4 is 10.1 Å². The summed E-state index contributed by atoms with van der Waals surface area (Å²) < 4.78 is 7.47. The molecule has 1 fully saturated rings. The van der Waals surface area contributed by atoms with Gasteiger partial charge in [-0.2, -0.15) is 0 Å². The van der Waals surface area contributed by atoms with Crippen LogP contribution in [0.25, 0.3) is 11.8 Å². The first-order valence-corrected chi connectivity index (χ1v) is 10.7. The summed E-state index contributed by atoms with van der Waals surface area (Å²) in [5, 5.41) is 24.4. The van der Waals surface area contributed by atoms with Crippen LogP contribution in [0, 0.1) is 34.1 Å². The number of hydrogen-bond acceptors (Lipinski definition) is 8. The third kappa shape index (κ3) is 4.65. The Morgan fingerprint density at radius 3 is 2.24 bits per heavy atom. The number of amides is 4. The van der Waals surface area contributed by atoms with Gasteiger partial charge in [-0.25, -0.2) is 4.79 Å². The number of carbonyl (C=O) groups is 3. The molecule has 1 aromatic heterocycles. The average molecular weight is 505 g/mol. The summed E-state index contributed by atoms with van der Waals surface area (Å²) in [6.45, 7) is 3.63. The Hall–Kier alpha value is -5.33. The lowest BCUT2D eigenvalue weighted by molar-refractivity contribution is -0.394. The molecule has 1 N–H and O–H groups in total. The highest BCUT2D eigenvalue weighted by Gasteiger charge is 2.33. The molecule has 1 saturated heterocycles. The molecule has 2 aromatic carbocycles. The van der Waals surface area contributed by atoms with Crippen molar-refractivity contribution >= 4 is 35.3 Å². The summed E-state index contributed by atoms with van der Waals surface area (Å²) in [4.78, 5) is 57.8. The highest BCUT2D eigenvalue weighted by Crippen LogP contribution is 2.35. The van der Waals surface area contributed by atoms with E-state index in [1.165, 1.54) is 13.1 Å². The molecule has 13 heteroatoms. The van der Waals surface area contributed by atoms with Crippen molar-refractivity contribution in [1.29, 1.82) is 0 Å². The number of imide groups is 2. The third-order valence-corrected chi connectivity index (χ3v) is 5.75. The second-order valence-electron chi connectivity index (χ2n) is 8.11. The van der Waals surface area contributed by atoms with Crippen molar-refractivity contribution in [2.75, 3.05) is 7.05 Å². The fourth-order valence-electron chi connectivity index (χ4n) is 3.87. The van der Waals surface area contributed by atoms with E-state index in [-0.39, 0.29) is 17.1 Å². The Labute approximate surface area is 208 Å². The van der Waals surface area contributed by atoms with Crippen LogP contribution in [0.3, 0.4) is 0 Å². The molecule has 4 amide bonds. The van der Waals surface area contributed by atoms with Crippen LogP contribution in [-0.2, 0) is 9.59 Å². The van der Waals surface area contributed by atoms with Crippen molar-refractivity contribution < 1.29 is 29.0 Å². The average Bonchev–Trinajstić information content (AvgIpc) is 3.13. The monoisotopic (exact) mass is 505 g/mol. The standard InChI is InChI=1S/C24H19N5O8/c1-13-10-15(11-19-22(30)25-24(32)26(3)23(19)31)14(2)27(13)16-4-7-18(8-5-16)37-21-9-6-17(28(33)34)12-20(21)29(35)36/h4-12H,1-3H3,(H,25,30,32)/b19-11-. The number of non-ortho nitro benzene ring substituents is 1. The minimum Gasteiger partial charge on any atom is -0.450 e. The predicted octanol–water partition coefficient (Wildman–Crippen LogP) is 3.79. The van der Waals surface area contributed by atoms with Gasteiger partial charge in [0, 0.05) is 30.2 Å². The van der Waals surface area contributed by atoms with Crippen LogP contribution in [0.5, 0.6) is 11.5 Å². The highest BCUT2D eigenvalue weighted by atomic mass is 16.6. The molecule has 0 aliphatic carbocycles. The van der Waals surface area contributed by atoms with E-state index in [1.807, 2.05) is 11.5 Å². The van der Waals surface area contributed by atoms with Gasteiger partial charge in [-0.1, -0.05) is 0 Å². The van der Waals surface area contributed by atoms with E-state index in [4.69, 9.17) is 4.74 Å². The third-order valence-electron chi connectivity index (χ3n) is 5.75. The number of aromatic nitrogens is 1. The minimum atomic E-state index is -0.793. The van der Waals surface area contributed by atoms with Crippen LogP contribution in [0.2, 0.25) is 0 Å². The van der Waals surface area contributed by atoms with Crippen molar-refractivity contribution in [3.63, 3.8) is 0 Å². The topological polar surface area (TPSA) is 167 Å². The highest BCUT2D eigenvalue weighted by molar-refractivity contribution is 6.30. The van der Waals surface area contributed by atoms with Gasteiger partial charge >= 0.3 is 11.7 Å². The van der Waals surface area contributed by atoms with E-state index < -0.39 is 39.1 Å². The zero-order valence-electron chi connectivity index (χ0n) is 19.8. The van der Waals surface area contributed by atoms with E-state index in [1.54, 1.807) is 37.3 Å². The molecule has 0 saturated carbocycles. The zero-order chi connectivity index (χ0) is 27.0. The number of nitro benzene ring substituents is 2. The molecule has 0 bridgehead atoms. The Balaban J connectivity index is 1.63. The van der Waals surface area contributed by atoms with E-state index in [0.29, 0.717) is 16.9 Å². The van der Waals surface area contributed by atoms with Gasteiger partial charge in [-0.15, -0.1) is 0 Å². The maximum Gasteiger partial charge on any atom is 0.331 e. The van der Waals surface area contributed by atoms with Crippen molar-refractivity contribution in [3.8, 4) is 17.2 Å². The summed E-state index contributed by atoms with van der Waals surface area (Å²) in [5.41, 5.74) is 1.67. The van der Waals surface area contributed by atoms with Gasteiger partial charge in [-0.3, -0.25) is 40.0 Å². The lowest BCUT2D eigenvalue weighted by atomic mass is 10.1. The number of benzene rings is 2. The van der Waals surface area contributed by atoms with Gasteiger partial charge in [0.1, 0.15) is 11.3 Å². The molecule has 37 heavy (non-hydrogen) atoms. The van der Waals surface area contributed by atoms with E-state index in [0.717, 1.165) is 28.8 Å². The first-order valence-electron chi connectivity index (χ1n) is 10.7. The van der Waals surface area contributed by atoms with Crippen LogP contribution in [0.4, 0.5) is 16.2 Å². The number of rotatable bonds is 6. The molecule has 188 valence electrons. The molecular formula is C24H19N5O8. The first-order chi connectivity index (χ1) is 17.5. The Bertz CT molecular complexity index is 1520. The van der Waals surface area contributed by atoms with Crippen molar-refractivity contribution in [2.24, 2.45) is 0 Å². The predicted molar refractivity (Wildman–Crippen MR) is 129 cm³/mol. The summed E-state index contributed by atoms with van der Waals surface area (Å²) in [5.74, 6) is -1.37. The SMILES string of the molecule is Cc1cc(/C=C2/C(=O)NC(=O)N(C)C2=O)c(C)n1-c1ccc(Oc2ccc([N+](=O)[O-])cc2[N+](=O)[O-])cc1. The fraction of sp³-hybridized carbons (Fsp3) is 0.125. The summed E-state index contributed by atoms with van der Waals surface area (Å²) >= 11 is 0. The molecule has 0 radical (unpaired) electrons. The lowest BCUT2D eigenvalue weighted by Gasteiger charge is -2.22. The Morgan fingerprint density at radius 2 is 1.62 bits per heavy atom. The molecule has 4 rings (SSSR count). The van der Waals surface area contributed by atoms with E-state index in [2.05, 4.69) is 5.32 Å². The van der Waals surface area contributed by atoms with Gasteiger partial charge in [0.2, 0.25) is 5.75 Å². The van der Waals surface area contributed by atoms with E-state index in [9.17, 15) is 34.6 Å². The molecule has 0 atom stereocenters. The molecular weight excluding hydrogens is 486 g/mol. The van der Waals surface area contributed by atoms with Crippen molar-refractivity contribution in [1.82, 2.24) is 14.8 Å². The second-order valence-corrected chi connectivity index (χ2v) is 8.11. The lowest BCUT2D eigenvalue weighted by Crippen LogP contribution is -2.52. The van der Waals surface area contributed by atoms with Crippen LogP contribution in [0.1, 0.15) is 17.0 Å². The van der Waals surface area contributed by atoms with E-state index >= 15 is 0 Å². The summed E-state index contributed by atoms with van der Waals surface area (Å²) in [6, 6.07) is 10.7. The second kappa shape index (κ2) is 9.37. The molecule has 2 heterocycles. The number of likely N-dealkylation sites (N-methyl/N-ethyl adjacent to an activating group) is 1. The summed E-state index contributed by atoms with van der Waals surface area (Å²) in [6.07, 6.45) is 1.42. The van der Waals surface area contributed by atoms with Crippen LogP contribution in [0.15, 0.2) is 54.1 Å². The number of hydrogen-bond donors (Lipinski definition) is 1. The number of aryl methyl sites for hydroxylation is 1. The molecule has 13 nitrogen and oxygen atoms in total. The van der Waals surface area contributed by atoms with Crippen molar-refractivity contribution in [3.05, 3.63) is 91.3 Å².